The standard InChI is InChI=1S/C12H13F3N2O.2BrH.Ni/c13-12(14,15)11-6-8(16-17-11)10-5-7-3-1-2-4-9(7)18-10;;;/h5-7,9H,1-4H2,(H,16,17);2*1H;/q;;;+2/p-2. The SMILES string of the molecule is FC(F)(F)c1cc(C2=CC3CCCCC3O2)n[nH]1.[Br][Ni][Br]. The second-order valence-corrected chi connectivity index (χ2v) is 9.83. The molecule has 1 aromatic rings. The van der Waals surface area contributed by atoms with Gasteiger partial charge in [-0.1, -0.05) is 6.42 Å². The van der Waals surface area contributed by atoms with E-state index in [4.69, 9.17) is 4.74 Å². The molecule has 1 aliphatic heterocycles. The van der Waals surface area contributed by atoms with E-state index in [1.165, 1.54) is 10.9 Å². The third-order valence-electron chi connectivity index (χ3n) is 3.53. The van der Waals surface area contributed by atoms with Crippen LogP contribution in [-0.2, 0) is 21.8 Å². The van der Waals surface area contributed by atoms with E-state index in [2.05, 4.69) is 33.5 Å². The minimum atomic E-state index is -4.39. The molecule has 122 valence electrons. The Morgan fingerprint density at radius 3 is 2.52 bits per heavy atom. The average Bonchev–Trinajstić information content (AvgIpc) is 3.05. The number of aromatic amines is 1. The van der Waals surface area contributed by atoms with Gasteiger partial charge in [-0.2, -0.15) is 18.3 Å². The summed E-state index contributed by atoms with van der Waals surface area (Å²) in [6.07, 6.45) is 1.95. The van der Waals surface area contributed by atoms with Crippen LogP contribution in [0.1, 0.15) is 37.1 Å². The normalized spacial score (nSPS) is 24.7. The minimum absolute atomic E-state index is 0.125. The van der Waals surface area contributed by atoms with Crippen LogP contribution in [0.3, 0.4) is 0 Å². The first kappa shape index (κ1) is 17.3. The fraction of sp³-hybridized carbons (Fsp3) is 0.583. The van der Waals surface area contributed by atoms with Gasteiger partial charge in [0.15, 0.2) is 0 Å². The van der Waals surface area contributed by atoms with Gasteiger partial charge in [-0.25, -0.2) is 0 Å². The van der Waals surface area contributed by atoms with Crippen molar-refractivity contribution >= 4 is 34.2 Å². The van der Waals surface area contributed by atoms with Crippen molar-refractivity contribution in [2.45, 2.75) is 38.0 Å². The van der Waals surface area contributed by atoms with Crippen LogP contribution < -0.4 is 0 Å². The first-order valence-corrected chi connectivity index (χ1v) is 11.2. The van der Waals surface area contributed by atoms with Crippen LogP contribution in [0, 0.1) is 5.92 Å². The van der Waals surface area contributed by atoms with Gasteiger partial charge in [-0.3, -0.25) is 5.10 Å². The topological polar surface area (TPSA) is 37.9 Å². The number of halogens is 5. The van der Waals surface area contributed by atoms with Crippen LogP contribution >= 0.6 is 28.5 Å². The predicted octanol–water partition coefficient (Wildman–Crippen LogP) is 5.05. The summed E-state index contributed by atoms with van der Waals surface area (Å²) < 4.78 is 43.0. The number of hydrogen-bond acceptors (Lipinski definition) is 2. The summed E-state index contributed by atoms with van der Waals surface area (Å²) in [5, 5.41) is 5.69. The van der Waals surface area contributed by atoms with Crippen molar-refractivity contribution in [2.75, 3.05) is 0 Å². The number of hydrogen-bond donors (Lipinski definition) is 1. The molecule has 1 N–H and O–H groups in total. The number of nitrogens with zero attached hydrogens (tertiary/aromatic N) is 1. The number of rotatable bonds is 1. The summed E-state index contributed by atoms with van der Waals surface area (Å²) in [5.41, 5.74) is -0.589. The Bertz CT molecular complexity index is 507. The summed E-state index contributed by atoms with van der Waals surface area (Å²) in [6, 6.07) is 1.00. The Kier molecular flexibility index (Phi) is 6.20. The first-order valence-electron chi connectivity index (χ1n) is 6.29. The molecule has 2 unspecified atom stereocenters. The Hall–Kier alpha value is -0.00649. The van der Waals surface area contributed by atoms with Gasteiger partial charge in [0.1, 0.15) is 23.3 Å². The van der Waals surface area contributed by atoms with Gasteiger partial charge in [-0.15, -0.1) is 0 Å². The van der Waals surface area contributed by atoms with Gasteiger partial charge in [0.2, 0.25) is 0 Å². The third kappa shape index (κ3) is 4.48. The monoisotopic (exact) mass is 474 g/mol. The first-order chi connectivity index (χ1) is 9.95. The number of alkyl halides is 3. The van der Waals surface area contributed by atoms with Gasteiger partial charge < -0.3 is 4.74 Å². The van der Waals surface area contributed by atoms with E-state index in [0.717, 1.165) is 31.7 Å². The Balaban J connectivity index is 0.000000497. The molecular formula is C12H13Br2F3N2NiO. The molecule has 0 saturated heterocycles. The number of nitrogens with one attached hydrogen (secondary N) is 1. The number of H-pyrrole nitrogens is 1. The molecule has 0 aromatic carbocycles. The molecule has 2 aliphatic rings. The molecule has 2 atom stereocenters. The summed E-state index contributed by atoms with van der Waals surface area (Å²) in [7, 11) is 1.25. The number of fused-ring (bicyclic) bond motifs is 1. The number of aromatic nitrogens is 2. The maximum absolute atomic E-state index is 12.5. The maximum atomic E-state index is 12.5. The zero-order valence-corrected chi connectivity index (χ0v) is 14.9. The molecule has 3 rings (SSSR count). The van der Waals surface area contributed by atoms with Gasteiger partial charge in [0, 0.05) is 5.92 Å². The second kappa shape index (κ2) is 7.51. The molecule has 3 nitrogen and oxygen atoms in total. The average molecular weight is 477 g/mol. The van der Waals surface area contributed by atoms with Crippen molar-refractivity contribution in [1.82, 2.24) is 10.2 Å². The molecular weight excluding hydrogens is 464 g/mol. The van der Waals surface area contributed by atoms with E-state index < -0.39 is 11.9 Å². The predicted molar refractivity (Wildman–Crippen MR) is 76.3 cm³/mol. The molecule has 1 aliphatic carbocycles. The zero-order chi connectivity index (χ0) is 15.5. The van der Waals surface area contributed by atoms with E-state index in [0.29, 0.717) is 11.7 Å². The Morgan fingerprint density at radius 1 is 1.29 bits per heavy atom. The van der Waals surface area contributed by atoms with Gasteiger partial charge >= 0.3 is 45.5 Å². The summed E-state index contributed by atoms with van der Waals surface area (Å²) >= 11 is 6.00. The Morgan fingerprint density at radius 2 is 1.95 bits per heavy atom. The van der Waals surface area contributed by atoms with Crippen molar-refractivity contribution in [2.24, 2.45) is 5.92 Å². The van der Waals surface area contributed by atoms with Crippen molar-refractivity contribution in [3.63, 3.8) is 0 Å². The van der Waals surface area contributed by atoms with E-state index in [1.807, 2.05) is 11.2 Å². The van der Waals surface area contributed by atoms with Gasteiger partial charge in [0.25, 0.3) is 0 Å². The molecule has 1 saturated carbocycles. The molecule has 21 heavy (non-hydrogen) atoms. The Labute approximate surface area is 140 Å². The third-order valence-corrected chi connectivity index (χ3v) is 3.53. The molecule has 0 amide bonds. The summed E-state index contributed by atoms with van der Waals surface area (Å²) in [6.45, 7) is 0. The summed E-state index contributed by atoms with van der Waals surface area (Å²) in [5.74, 6) is 0.818. The molecule has 9 heteroatoms. The fourth-order valence-corrected chi connectivity index (χ4v) is 2.60. The summed E-state index contributed by atoms with van der Waals surface area (Å²) in [4.78, 5) is 0. The number of ether oxygens (including phenoxy) is 1. The van der Waals surface area contributed by atoms with Crippen LogP contribution in [0.5, 0.6) is 0 Å². The van der Waals surface area contributed by atoms with E-state index in [-0.39, 0.29) is 11.8 Å². The second-order valence-electron chi connectivity index (χ2n) is 4.85. The van der Waals surface area contributed by atoms with E-state index in [9.17, 15) is 13.2 Å². The van der Waals surface area contributed by atoms with Crippen LogP contribution in [0.15, 0.2) is 12.1 Å². The van der Waals surface area contributed by atoms with Crippen LogP contribution in [0.4, 0.5) is 13.2 Å². The fourth-order valence-electron chi connectivity index (χ4n) is 2.60. The van der Waals surface area contributed by atoms with Crippen molar-refractivity contribution in [3.8, 4) is 0 Å². The molecule has 0 spiro atoms. The quantitative estimate of drug-likeness (QED) is 0.576. The van der Waals surface area contributed by atoms with Crippen molar-refractivity contribution in [3.05, 3.63) is 23.5 Å². The molecule has 0 bridgehead atoms. The van der Waals surface area contributed by atoms with Gasteiger partial charge in [0.05, 0.1) is 0 Å². The molecule has 2 heterocycles. The van der Waals surface area contributed by atoms with Crippen molar-refractivity contribution in [1.29, 1.82) is 0 Å². The molecule has 0 radical (unpaired) electrons. The van der Waals surface area contributed by atoms with Crippen LogP contribution in [0.2, 0.25) is 0 Å². The molecule has 1 fully saturated rings. The van der Waals surface area contributed by atoms with Gasteiger partial charge in [-0.05, 0) is 31.4 Å². The molecule has 1 aromatic heterocycles. The van der Waals surface area contributed by atoms with E-state index >= 15 is 0 Å². The van der Waals surface area contributed by atoms with Crippen molar-refractivity contribution < 1.29 is 28.8 Å². The van der Waals surface area contributed by atoms with Crippen LogP contribution in [0.25, 0.3) is 5.76 Å². The van der Waals surface area contributed by atoms with Crippen LogP contribution in [-0.4, -0.2) is 16.3 Å². The van der Waals surface area contributed by atoms with E-state index in [1.54, 1.807) is 0 Å². The zero-order valence-electron chi connectivity index (χ0n) is 10.7.